The Kier molecular flexibility index (Phi) is 6.28. The monoisotopic (exact) mass is 491 g/mol. The molecule has 1 amide bonds. The molecule has 0 unspecified atom stereocenters. The summed E-state index contributed by atoms with van der Waals surface area (Å²) in [7, 11) is 2.16. The molecule has 0 spiro atoms. The molecule has 2 saturated heterocycles. The van der Waals surface area contributed by atoms with Crippen LogP contribution in [0.3, 0.4) is 0 Å². The van der Waals surface area contributed by atoms with Gasteiger partial charge in [0.05, 0.1) is 33.2 Å². The van der Waals surface area contributed by atoms with Crippen LogP contribution in [0.5, 0.6) is 0 Å². The van der Waals surface area contributed by atoms with Gasteiger partial charge in [-0.2, -0.15) is 0 Å². The van der Waals surface area contributed by atoms with Crippen LogP contribution in [-0.4, -0.2) is 77.0 Å². The van der Waals surface area contributed by atoms with Crippen LogP contribution in [0.1, 0.15) is 59.7 Å². The summed E-state index contributed by atoms with van der Waals surface area (Å²) < 4.78 is 0.998. The van der Waals surface area contributed by atoms with E-state index >= 15 is 0 Å². The first-order valence-electron chi connectivity index (χ1n) is 12.9. The van der Waals surface area contributed by atoms with Crippen molar-refractivity contribution in [1.29, 1.82) is 0 Å². The molecule has 8 nitrogen and oxygen atoms in total. The summed E-state index contributed by atoms with van der Waals surface area (Å²) in [6.07, 6.45) is 10.7. The summed E-state index contributed by atoms with van der Waals surface area (Å²) in [6, 6.07) is 4.11. The molecule has 2 aliphatic heterocycles. The SMILES string of the molecule is CN1CCN(c2ccc(Nc3ncc4sc(C(=O)N5CCCC5)c(C5CCCC5)c4n3)nc2)CC1. The lowest BCUT2D eigenvalue weighted by atomic mass is 9.96. The number of pyridine rings is 1. The van der Waals surface area contributed by atoms with Crippen LogP contribution in [-0.2, 0) is 0 Å². The Labute approximate surface area is 210 Å². The van der Waals surface area contributed by atoms with E-state index in [1.54, 1.807) is 11.3 Å². The van der Waals surface area contributed by atoms with Crippen LogP contribution >= 0.6 is 11.3 Å². The number of carbonyl (C=O) groups excluding carboxylic acids is 1. The van der Waals surface area contributed by atoms with Gasteiger partial charge in [-0.15, -0.1) is 11.3 Å². The molecule has 9 heteroatoms. The number of aromatic nitrogens is 3. The lowest BCUT2D eigenvalue weighted by Crippen LogP contribution is -2.44. The molecule has 0 radical (unpaired) electrons. The number of thiophene rings is 1. The largest absolute Gasteiger partial charge is 0.368 e. The van der Waals surface area contributed by atoms with Gasteiger partial charge in [0.25, 0.3) is 5.91 Å². The molecular weight excluding hydrogens is 458 g/mol. The Morgan fingerprint density at radius 3 is 2.46 bits per heavy atom. The summed E-state index contributed by atoms with van der Waals surface area (Å²) in [5.74, 6) is 1.86. The molecule has 5 heterocycles. The summed E-state index contributed by atoms with van der Waals surface area (Å²) in [4.78, 5) is 35.2. The molecule has 184 valence electrons. The predicted octanol–water partition coefficient (Wildman–Crippen LogP) is 4.48. The topological polar surface area (TPSA) is 77.5 Å². The number of likely N-dealkylation sites (N-methyl/N-ethyl adjacent to an activating group) is 1. The van der Waals surface area contributed by atoms with Crippen molar-refractivity contribution in [3.63, 3.8) is 0 Å². The minimum atomic E-state index is 0.183. The number of rotatable bonds is 5. The molecule has 0 aromatic carbocycles. The number of anilines is 3. The van der Waals surface area contributed by atoms with Gasteiger partial charge in [-0.3, -0.25) is 4.79 Å². The number of likely N-dealkylation sites (tertiary alicyclic amines) is 1. The van der Waals surface area contributed by atoms with Crippen molar-refractivity contribution in [2.75, 3.05) is 56.5 Å². The van der Waals surface area contributed by atoms with Crippen molar-refractivity contribution < 1.29 is 4.79 Å². The van der Waals surface area contributed by atoms with E-state index in [1.807, 2.05) is 23.4 Å². The number of hydrogen-bond donors (Lipinski definition) is 1. The highest BCUT2D eigenvalue weighted by molar-refractivity contribution is 7.21. The molecule has 35 heavy (non-hydrogen) atoms. The van der Waals surface area contributed by atoms with Gasteiger partial charge in [0.1, 0.15) is 5.82 Å². The summed E-state index contributed by atoms with van der Waals surface area (Å²) in [5.41, 5.74) is 3.24. The van der Waals surface area contributed by atoms with Gasteiger partial charge in [-0.05, 0) is 50.8 Å². The fourth-order valence-corrected chi connectivity index (χ4v) is 6.78. The minimum absolute atomic E-state index is 0.183. The molecule has 3 aromatic heterocycles. The van der Waals surface area contributed by atoms with Gasteiger partial charge in [0.2, 0.25) is 5.95 Å². The third kappa shape index (κ3) is 4.59. The van der Waals surface area contributed by atoms with Crippen LogP contribution in [0.15, 0.2) is 24.5 Å². The van der Waals surface area contributed by atoms with Crippen molar-refractivity contribution in [2.24, 2.45) is 0 Å². The van der Waals surface area contributed by atoms with Gasteiger partial charge in [-0.1, -0.05) is 12.8 Å². The smallest absolute Gasteiger partial charge is 0.264 e. The lowest BCUT2D eigenvalue weighted by molar-refractivity contribution is 0.0796. The van der Waals surface area contributed by atoms with E-state index in [2.05, 4.69) is 38.2 Å². The van der Waals surface area contributed by atoms with Crippen LogP contribution < -0.4 is 10.2 Å². The highest BCUT2D eigenvalue weighted by Gasteiger charge is 2.31. The number of piperazine rings is 1. The Morgan fingerprint density at radius 1 is 0.971 bits per heavy atom. The summed E-state index contributed by atoms with van der Waals surface area (Å²) in [5, 5.41) is 3.29. The lowest BCUT2D eigenvalue weighted by Gasteiger charge is -2.33. The maximum atomic E-state index is 13.4. The van der Waals surface area contributed by atoms with Crippen LogP contribution in [0.2, 0.25) is 0 Å². The normalized spacial score (nSPS) is 19.7. The van der Waals surface area contributed by atoms with E-state index in [1.165, 1.54) is 12.8 Å². The van der Waals surface area contributed by atoms with Crippen molar-refractivity contribution in [1.82, 2.24) is 24.8 Å². The number of hydrogen-bond acceptors (Lipinski definition) is 8. The van der Waals surface area contributed by atoms with Crippen LogP contribution in [0, 0.1) is 0 Å². The Morgan fingerprint density at radius 2 is 1.74 bits per heavy atom. The summed E-state index contributed by atoms with van der Waals surface area (Å²) in [6.45, 7) is 5.91. The minimum Gasteiger partial charge on any atom is -0.368 e. The van der Waals surface area contributed by atoms with Gasteiger partial charge in [0.15, 0.2) is 0 Å². The van der Waals surface area contributed by atoms with Gasteiger partial charge in [0, 0.05) is 44.8 Å². The van der Waals surface area contributed by atoms with Crippen molar-refractivity contribution in [3.8, 4) is 0 Å². The average molecular weight is 492 g/mol. The van der Waals surface area contributed by atoms with Gasteiger partial charge >= 0.3 is 0 Å². The maximum Gasteiger partial charge on any atom is 0.264 e. The molecule has 1 saturated carbocycles. The Balaban J connectivity index is 1.27. The second kappa shape index (κ2) is 9.70. The highest BCUT2D eigenvalue weighted by Crippen LogP contribution is 2.43. The van der Waals surface area contributed by atoms with E-state index in [0.717, 1.165) is 97.1 Å². The molecule has 0 atom stereocenters. The highest BCUT2D eigenvalue weighted by atomic mass is 32.1. The fraction of sp³-hybridized carbons (Fsp3) is 0.538. The van der Waals surface area contributed by atoms with Crippen molar-refractivity contribution >= 4 is 44.9 Å². The van der Waals surface area contributed by atoms with Crippen molar-refractivity contribution in [3.05, 3.63) is 35.0 Å². The molecule has 3 fully saturated rings. The first kappa shape index (κ1) is 22.7. The van der Waals surface area contributed by atoms with Crippen LogP contribution in [0.4, 0.5) is 17.5 Å². The second-order valence-electron chi connectivity index (χ2n) is 10.0. The number of carbonyl (C=O) groups is 1. The van der Waals surface area contributed by atoms with E-state index in [9.17, 15) is 4.79 Å². The first-order chi connectivity index (χ1) is 17.2. The first-order valence-corrected chi connectivity index (χ1v) is 13.7. The fourth-order valence-electron chi connectivity index (χ4n) is 5.61. The van der Waals surface area contributed by atoms with Crippen molar-refractivity contribution in [2.45, 2.75) is 44.4 Å². The van der Waals surface area contributed by atoms with Gasteiger partial charge < -0.3 is 20.0 Å². The molecular formula is C26H33N7OS. The number of nitrogens with one attached hydrogen (secondary N) is 1. The molecule has 1 N–H and O–H groups in total. The quantitative estimate of drug-likeness (QED) is 0.564. The van der Waals surface area contributed by atoms with E-state index in [4.69, 9.17) is 4.98 Å². The third-order valence-electron chi connectivity index (χ3n) is 7.67. The zero-order valence-electron chi connectivity index (χ0n) is 20.4. The summed E-state index contributed by atoms with van der Waals surface area (Å²) >= 11 is 1.57. The Hall–Kier alpha value is -2.78. The third-order valence-corrected chi connectivity index (χ3v) is 8.79. The zero-order chi connectivity index (χ0) is 23.8. The van der Waals surface area contributed by atoms with E-state index < -0.39 is 0 Å². The maximum absolute atomic E-state index is 13.4. The average Bonchev–Trinajstić information content (AvgIpc) is 3.65. The standard InChI is InChI=1S/C26H33N7OS/c1-31-12-14-32(15-13-31)19-8-9-21(27-16-19)29-26-28-17-20-23(30-26)22(18-6-2-3-7-18)24(35-20)25(34)33-10-4-5-11-33/h8-9,16-18H,2-7,10-15H2,1H3,(H,27,28,29,30). The molecule has 6 rings (SSSR count). The Bertz CT molecular complexity index is 1190. The van der Waals surface area contributed by atoms with E-state index in [0.29, 0.717) is 11.9 Å². The molecule has 1 aliphatic carbocycles. The number of amides is 1. The zero-order valence-corrected chi connectivity index (χ0v) is 21.2. The molecule has 3 aromatic rings. The second-order valence-corrected chi connectivity index (χ2v) is 11.1. The number of nitrogens with zero attached hydrogens (tertiary/aromatic N) is 6. The van der Waals surface area contributed by atoms with Gasteiger partial charge in [-0.25, -0.2) is 15.0 Å². The predicted molar refractivity (Wildman–Crippen MR) is 141 cm³/mol. The van der Waals surface area contributed by atoms with E-state index in [-0.39, 0.29) is 5.91 Å². The van der Waals surface area contributed by atoms with Crippen LogP contribution in [0.25, 0.3) is 10.2 Å². The number of fused-ring (bicyclic) bond motifs is 1. The molecule has 3 aliphatic rings. The molecule has 0 bridgehead atoms.